The molecule has 96 valence electrons. The van der Waals surface area contributed by atoms with Crippen molar-refractivity contribution in [1.82, 2.24) is 5.32 Å². The number of methoxy groups -OCH3 is 1. The quantitative estimate of drug-likeness (QED) is 0.650. The van der Waals surface area contributed by atoms with Gasteiger partial charge in [0, 0.05) is 13.7 Å². The van der Waals surface area contributed by atoms with Gasteiger partial charge in [0.2, 0.25) is 5.91 Å². The first-order valence-electron chi connectivity index (χ1n) is 6.21. The molecule has 0 radical (unpaired) electrons. The van der Waals surface area contributed by atoms with Gasteiger partial charge in [-0.3, -0.25) is 4.79 Å². The van der Waals surface area contributed by atoms with Crippen LogP contribution in [0.4, 0.5) is 0 Å². The normalized spacial score (nSPS) is 11.5. The lowest BCUT2D eigenvalue weighted by Crippen LogP contribution is -2.27. The molecule has 0 saturated heterocycles. The minimum atomic E-state index is -0.0165. The summed E-state index contributed by atoms with van der Waals surface area (Å²) in [7, 11) is 1.53. The lowest BCUT2D eigenvalue weighted by molar-refractivity contribution is -0.124. The third-order valence-corrected chi connectivity index (χ3v) is 2.45. The fourth-order valence-electron chi connectivity index (χ4n) is 1.54. The molecule has 0 saturated carbocycles. The maximum atomic E-state index is 11.0. The molecule has 0 rings (SSSR count). The Morgan fingerprint density at radius 1 is 1.12 bits per heavy atom. The molecule has 1 amide bonds. The summed E-state index contributed by atoms with van der Waals surface area (Å²) in [6, 6.07) is 0. The van der Waals surface area contributed by atoms with E-state index in [1.165, 1.54) is 32.8 Å². The van der Waals surface area contributed by atoms with E-state index in [0.29, 0.717) is 5.41 Å². The number of rotatable bonds is 8. The fraction of sp³-hybridized carbons (Fsp3) is 0.923. The molecule has 16 heavy (non-hydrogen) atoms. The summed E-state index contributed by atoms with van der Waals surface area (Å²) < 4.78 is 4.72. The van der Waals surface area contributed by atoms with Crippen molar-refractivity contribution in [3.05, 3.63) is 0 Å². The van der Waals surface area contributed by atoms with Crippen LogP contribution >= 0.6 is 0 Å². The van der Waals surface area contributed by atoms with E-state index in [-0.39, 0.29) is 12.5 Å². The number of unbranched alkanes of at least 4 members (excludes halogenated alkanes) is 3. The summed E-state index contributed by atoms with van der Waals surface area (Å²) >= 11 is 0. The molecule has 0 aliphatic carbocycles. The van der Waals surface area contributed by atoms with E-state index >= 15 is 0 Å². The summed E-state index contributed by atoms with van der Waals surface area (Å²) in [5.74, 6) is -0.0165. The Bertz CT molecular complexity index is 185. The van der Waals surface area contributed by atoms with Crippen molar-refractivity contribution in [3.63, 3.8) is 0 Å². The van der Waals surface area contributed by atoms with Gasteiger partial charge in [0.15, 0.2) is 0 Å². The zero-order chi connectivity index (χ0) is 12.4. The molecule has 0 bridgehead atoms. The van der Waals surface area contributed by atoms with Gasteiger partial charge in [-0.1, -0.05) is 40.0 Å². The van der Waals surface area contributed by atoms with Gasteiger partial charge < -0.3 is 10.1 Å². The molecule has 0 atom stereocenters. The highest BCUT2D eigenvalue weighted by Crippen LogP contribution is 2.22. The van der Waals surface area contributed by atoms with Crippen LogP contribution in [0.1, 0.15) is 52.9 Å². The van der Waals surface area contributed by atoms with Crippen molar-refractivity contribution in [2.24, 2.45) is 5.41 Å². The Kier molecular flexibility index (Phi) is 8.26. The van der Waals surface area contributed by atoms with Gasteiger partial charge in [-0.05, 0) is 18.3 Å². The highest BCUT2D eigenvalue weighted by molar-refractivity contribution is 5.77. The number of amides is 1. The van der Waals surface area contributed by atoms with E-state index in [1.54, 1.807) is 0 Å². The zero-order valence-electron chi connectivity index (χ0n) is 11.3. The summed E-state index contributed by atoms with van der Waals surface area (Å²) in [6.07, 6.45) is 6.10. The first kappa shape index (κ1) is 15.4. The van der Waals surface area contributed by atoms with E-state index < -0.39 is 0 Å². The number of nitrogens with one attached hydrogen (secondary N) is 1. The summed E-state index contributed by atoms with van der Waals surface area (Å²) in [5.41, 5.74) is 0.451. The largest absolute Gasteiger partial charge is 0.375 e. The molecular weight excluding hydrogens is 202 g/mol. The summed E-state index contributed by atoms with van der Waals surface area (Å²) in [5, 5.41) is 2.83. The molecular formula is C13H27NO2. The molecule has 0 heterocycles. The fourth-order valence-corrected chi connectivity index (χ4v) is 1.54. The third-order valence-electron chi connectivity index (χ3n) is 2.45. The minimum Gasteiger partial charge on any atom is -0.375 e. The molecule has 0 aromatic rings. The van der Waals surface area contributed by atoms with Gasteiger partial charge in [0.1, 0.15) is 6.61 Å². The highest BCUT2D eigenvalue weighted by Gasteiger charge is 2.08. The standard InChI is InChI=1S/C13H27NO2/c1-13(2,3)9-7-5-6-8-10-14-12(15)11-16-4/h5-11H2,1-4H3,(H,14,15). The van der Waals surface area contributed by atoms with Gasteiger partial charge in [0.05, 0.1) is 0 Å². The second-order valence-electron chi connectivity index (χ2n) is 5.51. The number of ether oxygens (including phenoxy) is 1. The van der Waals surface area contributed by atoms with Crippen LogP contribution in [0.15, 0.2) is 0 Å². The van der Waals surface area contributed by atoms with Gasteiger partial charge >= 0.3 is 0 Å². The average Bonchev–Trinajstić information content (AvgIpc) is 2.15. The Balaban J connectivity index is 3.19. The minimum absolute atomic E-state index is 0.0165. The Morgan fingerprint density at radius 2 is 1.75 bits per heavy atom. The monoisotopic (exact) mass is 229 g/mol. The van der Waals surface area contributed by atoms with Crippen molar-refractivity contribution >= 4 is 5.91 Å². The molecule has 1 N–H and O–H groups in total. The lowest BCUT2D eigenvalue weighted by atomic mass is 9.89. The molecule has 0 spiro atoms. The maximum Gasteiger partial charge on any atom is 0.245 e. The predicted octanol–water partition coefficient (Wildman–Crippen LogP) is 2.75. The first-order valence-corrected chi connectivity index (χ1v) is 6.21. The third kappa shape index (κ3) is 11.5. The molecule has 0 aliphatic heterocycles. The van der Waals surface area contributed by atoms with Crippen molar-refractivity contribution in [2.45, 2.75) is 52.9 Å². The van der Waals surface area contributed by atoms with Crippen LogP contribution in [0.3, 0.4) is 0 Å². The van der Waals surface area contributed by atoms with Crippen molar-refractivity contribution in [2.75, 3.05) is 20.3 Å². The Morgan fingerprint density at radius 3 is 2.31 bits per heavy atom. The zero-order valence-corrected chi connectivity index (χ0v) is 11.3. The highest BCUT2D eigenvalue weighted by atomic mass is 16.5. The number of hydrogen-bond acceptors (Lipinski definition) is 2. The molecule has 3 heteroatoms. The predicted molar refractivity (Wildman–Crippen MR) is 67.4 cm³/mol. The topological polar surface area (TPSA) is 38.3 Å². The average molecular weight is 229 g/mol. The van der Waals surface area contributed by atoms with Crippen molar-refractivity contribution in [3.8, 4) is 0 Å². The van der Waals surface area contributed by atoms with Crippen LogP contribution in [-0.4, -0.2) is 26.2 Å². The Labute approximate surface area is 99.9 Å². The molecule has 0 unspecified atom stereocenters. The van der Waals surface area contributed by atoms with E-state index in [0.717, 1.165) is 13.0 Å². The first-order chi connectivity index (χ1) is 7.45. The molecule has 0 aromatic heterocycles. The van der Waals surface area contributed by atoms with Gasteiger partial charge in [0.25, 0.3) is 0 Å². The van der Waals surface area contributed by atoms with Crippen LogP contribution in [0.2, 0.25) is 0 Å². The summed E-state index contributed by atoms with van der Waals surface area (Å²) in [6.45, 7) is 7.77. The van der Waals surface area contributed by atoms with Crippen LogP contribution < -0.4 is 5.32 Å². The van der Waals surface area contributed by atoms with Crippen LogP contribution in [0.5, 0.6) is 0 Å². The molecule has 0 aliphatic rings. The molecule has 3 nitrogen and oxygen atoms in total. The van der Waals surface area contributed by atoms with Gasteiger partial charge in [-0.2, -0.15) is 0 Å². The Hall–Kier alpha value is -0.570. The van der Waals surface area contributed by atoms with Gasteiger partial charge in [-0.25, -0.2) is 0 Å². The number of carbonyl (C=O) groups is 1. The number of hydrogen-bond donors (Lipinski definition) is 1. The molecule has 0 fully saturated rings. The SMILES string of the molecule is COCC(=O)NCCCCCCC(C)(C)C. The van der Waals surface area contributed by atoms with E-state index in [9.17, 15) is 4.79 Å². The van der Waals surface area contributed by atoms with Crippen molar-refractivity contribution < 1.29 is 9.53 Å². The van der Waals surface area contributed by atoms with Crippen molar-refractivity contribution in [1.29, 1.82) is 0 Å². The van der Waals surface area contributed by atoms with Crippen LogP contribution in [-0.2, 0) is 9.53 Å². The smallest absolute Gasteiger partial charge is 0.245 e. The molecule has 0 aromatic carbocycles. The number of carbonyl (C=O) groups excluding carboxylic acids is 1. The maximum absolute atomic E-state index is 11.0. The summed E-state index contributed by atoms with van der Waals surface area (Å²) in [4.78, 5) is 11.0. The van der Waals surface area contributed by atoms with Crippen LogP contribution in [0.25, 0.3) is 0 Å². The van der Waals surface area contributed by atoms with E-state index in [2.05, 4.69) is 26.1 Å². The van der Waals surface area contributed by atoms with Gasteiger partial charge in [-0.15, -0.1) is 0 Å². The second-order valence-corrected chi connectivity index (χ2v) is 5.51. The lowest BCUT2D eigenvalue weighted by Gasteiger charge is -2.17. The van der Waals surface area contributed by atoms with E-state index in [1.807, 2.05) is 0 Å². The second kappa shape index (κ2) is 8.57. The van der Waals surface area contributed by atoms with Crippen LogP contribution in [0, 0.1) is 5.41 Å². The van der Waals surface area contributed by atoms with E-state index in [4.69, 9.17) is 4.74 Å².